The van der Waals surface area contributed by atoms with Crippen LogP contribution < -0.4 is 0 Å². The molecule has 0 atom stereocenters. The highest BCUT2D eigenvalue weighted by Crippen LogP contribution is 2.20. The first-order chi connectivity index (χ1) is 6.34. The summed E-state index contributed by atoms with van der Waals surface area (Å²) in [4.78, 5) is 4.35. The molecule has 0 aliphatic heterocycles. The highest BCUT2D eigenvalue weighted by atomic mass is 35.5. The molecule has 0 bridgehead atoms. The van der Waals surface area contributed by atoms with Crippen molar-refractivity contribution in [3.8, 4) is 0 Å². The van der Waals surface area contributed by atoms with Crippen LogP contribution in [0.3, 0.4) is 0 Å². The van der Waals surface area contributed by atoms with Crippen LogP contribution >= 0.6 is 35.5 Å². The van der Waals surface area contributed by atoms with Gasteiger partial charge in [0, 0.05) is 11.1 Å². The lowest BCUT2D eigenvalue weighted by atomic mass is 10.6. The molecule has 2 aromatic heterocycles. The van der Waals surface area contributed by atoms with Gasteiger partial charge in [-0.15, -0.1) is 28.8 Å². The second-order valence-corrected chi connectivity index (χ2v) is 4.51. The number of thiazole rings is 1. The number of hydrogen-bond donors (Lipinski definition) is 1. The molecule has 1 N–H and O–H groups in total. The Labute approximate surface area is 95.9 Å². The fourth-order valence-corrected chi connectivity index (χ4v) is 2.28. The van der Waals surface area contributed by atoms with Gasteiger partial charge in [0.05, 0.1) is 16.9 Å². The minimum atomic E-state index is 0. The number of aryl methyl sites for hydroxylation is 1. The smallest absolute Gasteiger partial charge is 0.139 e. The SMILES string of the molecule is Cc1nc(CSc2cn[nH]n2)cs1.Cl. The maximum atomic E-state index is 4.35. The zero-order valence-corrected chi connectivity index (χ0v) is 9.88. The normalized spacial score (nSPS) is 9.79. The van der Waals surface area contributed by atoms with Gasteiger partial charge in [0.2, 0.25) is 0 Å². The van der Waals surface area contributed by atoms with Crippen molar-refractivity contribution in [3.63, 3.8) is 0 Å². The summed E-state index contributed by atoms with van der Waals surface area (Å²) in [6.45, 7) is 2.01. The summed E-state index contributed by atoms with van der Waals surface area (Å²) in [5.74, 6) is 0.858. The Balaban J connectivity index is 0.000000980. The Hall–Kier alpha value is -0.590. The quantitative estimate of drug-likeness (QED) is 0.847. The Kier molecular flexibility index (Phi) is 4.37. The number of aromatic amines is 1. The van der Waals surface area contributed by atoms with Gasteiger partial charge in [0.25, 0.3) is 0 Å². The van der Waals surface area contributed by atoms with Crippen molar-refractivity contribution in [3.05, 3.63) is 22.3 Å². The van der Waals surface area contributed by atoms with Crippen LogP contribution in [0.25, 0.3) is 0 Å². The third-order valence-electron chi connectivity index (χ3n) is 1.43. The highest BCUT2D eigenvalue weighted by Gasteiger charge is 2.01. The minimum Gasteiger partial charge on any atom is -0.246 e. The van der Waals surface area contributed by atoms with Crippen molar-refractivity contribution in [2.45, 2.75) is 17.7 Å². The van der Waals surface area contributed by atoms with E-state index in [0.29, 0.717) is 0 Å². The molecule has 0 unspecified atom stereocenters. The third kappa shape index (κ3) is 2.97. The topological polar surface area (TPSA) is 54.5 Å². The minimum absolute atomic E-state index is 0. The average Bonchev–Trinajstić information content (AvgIpc) is 2.71. The van der Waals surface area contributed by atoms with Crippen LogP contribution in [0.1, 0.15) is 10.7 Å². The summed E-state index contributed by atoms with van der Waals surface area (Å²) in [6.07, 6.45) is 1.71. The summed E-state index contributed by atoms with van der Waals surface area (Å²) in [6, 6.07) is 0. The summed E-state index contributed by atoms with van der Waals surface area (Å²) in [7, 11) is 0. The van der Waals surface area contributed by atoms with Crippen molar-refractivity contribution < 1.29 is 0 Å². The number of hydrogen-bond acceptors (Lipinski definition) is 5. The summed E-state index contributed by atoms with van der Waals surface area (Å²) in [5.41, 5.74) is 1.11. The molecule has 14 heavy (non-hydrogen) atoms. The van der Waals surface area contributed by atoms with Crippen molar-refractivity contribution in [1.82, 2.24) is 20.4 Å². The van der Waals surface area contributed by atoms with Crippen molar-refractivity contribution in [2.24, 2.45) is 0 Å². The molecule has 2 heterocycles. The molecule has 76 valence electrons. The number of nitrogens with one attached hydrogen (secondary N) is 1. The molecule has 0 spiro atoms. The van der Waals surface area contributed by atoms with E-state index in [1.54, 1.807) is 29.3 Å². The number of rotatable bonds is 3. The molecule has 0 saturated heterocycles. The number of nitrogens with zero attached hydrogens (tertiary/aromatic N) is 3. The van der Waals surface area contributed by atoms with E-state index in [0.717, 1.165) is 21.5 Å². The number of aromatic nitrogens is 4. The van der Waals surface area contributed by atoms with Gasteiger partial charge in [-0.25, -0.2) is 4.98 Å². The summed E-state index contributed by atoms with van der Waals surface area (Å²) < 4.78 is 0. The van der Waals surface area contributed by atoms with E-state index in [1.165, 1.54) is 0 Å². The maximum Gasteiger partial charge on any atom is 0.139 e. The van der Waals surface area contributed by atoms with Gasteiger partial charge >= 0.3 is 0 Å². The van der Waals surface area contributed by atoms with E-state index in [1.807, 2.05) is 6.92 Å². The first-order valence-electron chi connectivity index (χ1n) is 3.74. The van der Waals surface area contributed by atoms with Gasteiger partial charge in [0.1, 0.15) is 5.03 Å². The molecular formula is C7H9ClN4S2. The third-order valence-corrected chi connectivity index (χ3v) is 3.18. The first kappa shape index (κ1) is 11.5. The van der Waals surface area contributed by atoms with Crippen LogP contribution in [-0.4, -0.2) is 20.4 Å². The van der Waals surface area contributed by atoms with Crippen LogP contribution in [0.2, 0.25) is 0 Å². The zero-order chi connectivity index (χ0) is 9.10. The lowest BCUT2D eigenvalue weighted by molar-refractivity contribution is 0.910. The Morgan fingerprint density at radius 3 is 3.00 bits per heavy atom. The van der Waals surface area contributed by atoms with Crippen LogP contribution in [0.4, 0.5) is 0 Å². The molecule has 2 aromatic rings. The Morgan fingerprint density at radius 2 is 2.43 bits per heavy atom. The maximum absolute atomic E-state index is 4.35. The van der Waals surface area contributed by atoms with Gasteiger partial charge < -0.3 is 0 Å². The summed E-state index contributed by atoms with van der Waals surface area (Å²) >= 11 is 3.31. The average molecular weight is 249 g/mol. The van der Waals surface area contributed by atoms with Gasteiger partial charge in [-0.3, -0.25) is 0 Å². The molecule has 0 radical (unpaired) electrons. The molecule has 0 fully saturated rings. The monoisotopic (exact) mass is 248 g/mol. The number of H-pyrrole nitrogens is 1. The molecule has 0 amide bonds. The van der Waals surface area contributed by atoms with Crippen LogP contribution in [0.15, 0.2) is 16.6 Å². The predicted molar refractivity (Wildman–Crippen MR) is 60.0 cm³/mol. The van der Waals surface area contributed by atoms with E-state index < -0.39 is 0 Å². The lowest BCUT2D eigenvalue weighted by Crippen LogP contribution is -1.80. The molecule has 0 aliphatic carbocycles. The van der Waals surface area contributed by atoms with Gasteiger partial charge in [0.15, 0.2) is 0 Å². The largest absolute Gasteiger partial charge is 0.246 e. The molecule has 4 nitrogen and oxygen atoms in total. The molecular weight excluding hydrogens is 240 g/mol. The first-order valence-corrected chi connectivity index (χ1v) is 5.61. The van der Waals surface area contributed by atoms with E-state index in [9.17, 15) is 0 Å². The van der Waals surface area contributed by atoms with Crippen molar-refractivity contribution >= 4 is 35.5 Å². The molecule has 0 aromatic carbocycles. The molecule has 2 rings (SSSR count). The van der Waals surface area contributed by atoms with Crippen molar-refractivity contribution in [2.75, 3.05) is 0 Å². The fourth-order valence-electron chi connectivity index (χ4n) is 0.883. The lowest BCUT2D eigenvalue weighted by Gasteiger charge is -1.91. The number of halogens is 1. The van der Waals surface area contributed by atoms with Crippen LogP contribution in [0, 0.1) is 6.92 Å². The Bertz CT molecular complexity index is 373. The fraction of sp³-hybridized carbons (Fsp3) is 0.286. The Morgan fingerprint density at radius 1 is 1.57 bits per heavy atom. The van der Waals surface area contributed by atoms with Crippen molar-refractivity contribution in [1.29, 1.82) is 0 Å². The van der Waals surface area contributed by atoms with E-state index in [4.69, 9.17) is 0 Å². The van der Waals surface area contributed by atoms with Crippen LogP contribution in [-0.2, 0) is 5.75 Å². The van der Waals surface area contributed by atoms with E-state index in [-0.39, 0.29) is 12.4 Å². The zero-order valence-electron chi connectivity index (χ0n) is 7.43. The summed E-state index contributed by atoms with van der Waals surface area (Å²) in [5, 5.41) is 14.3. The molecule has 0 aliphatic rings. The second-order valence-electron chi connectivity index (χ2n) is 2.45. The van der Waals surface area contributed by atoms with E-state index >= 15 is 0 Å². The van der Waals surface area contributed by atoms with Gasteiger partial charge in [-0.05, 0) is 6.92 Å². The standard InChI is InChI=1S/C7H8N4S2.ClH/c1-5-9-6(3-12-5)4-13-7-2-8-11-10-7;/h2-3H,4H2,1H3,(H,8,10,11);1H. The van der Waals surface area contributed by atoms with Crippen LogP contribution in [0.5, 0.6) is 0 Å². The molecule has 7 heteroatoms. The predicted octanol–water partition coefficient (Wildman–Crippen LogP) is 2.28. The molecule has 0 saturated carbocycles. The number of thioether (sulfide) groups is 1. The highest BCUT2D eigenvalue weighted by molar-refractivity contribution is 7.98. The van der Waals surface area contributed by atoms with Gasteiger partial charge in [-0.1, -0.05) is 11.8 Å². The van der Waals surface area contributed by atoms with Gasteiger partial charge in [-0.2, -0.15) is 10.3 Å². The second kappa shape index (κ2) is 5.33. The van der Waals surface area contributed by atoms with E-state index in [2.05, 4.69) is 25.8 Å².